The fraction of sp³-hybridized carbons (Fsp3) is 0.409. The third kappa shape index (κ3) is 3.50. The van der Waals surface area contributed by atoms with Crippen LogP contribution in [0.1, 0.15) is 30.4 Å². The zero-order valence-corrected chi connectivity index (χ0v) is 15.5. The van der Waals surface area contributed by atoms with Gasteiger partial charge in [-0.2, -0.15) is 0 Å². The second-order valence-corrected chi connectivity index (χ2v) is 7.51. The highest BCUT2D eigenvalue weighted by Crippen LogP contribution is 2.41. The summed E-state index contributed by atoms with van der Waals surface area (Å²) >= 11 is 0. The van der Waals surface area contributed by atoms with Gasteiger partial charge in [0.2, 0.25) is 5.91 Å². The lowest BCUT2D eigenvalue weighted by molar-refractivity contribution is -0.136. The van der Waals surface area contributed by atoms with Crippen LogP contribution in [0.5, 0.6) is 0 Å². The van der Waals surface area contributed by atoms with Gasteiger partial charge in [-0.3, -0.25) is 10.2 Å². The second-order valence-electron chi connectivity index (χ2n) is 7.51. The molecule has 1 unspecified atom stereocenters. The van der Waals surface area contributed by atoms with Crippen molar-refractivity contribution in [3.8, 4) is 0 Å². The maximum atomic E-state index is 12.7. The van der Waals surface area contributed by atoms with Gasteiger partial charge in [0.25, 0.3) is 0 Å². The van der Waals surface area contributed by atoms with E-state index < -0.39 is 5.60 Å². The molecule has 3 N–H and O–H groups in total. The second kappa shape index (κ2) is 7.80. The number of rotatable bonds is 4. The fourth-order valence-electron chi connectivity index (χ4n) is 4.43. The molecule has 2 fully saturated rings. The highest BCUT2D eigenvalue weighted by atomic mass is 16.3. The molecule has 0 radical (unpaired) electrons. The molecule has 2 saturated heterocycles. The first-order valence-electron chi connectivity index (χ1n) is 9.80. The highest BCUT2D eigenvalue weighted by Gasteiger charge is 2.42. The van der Waals surface area contributed by atoms with Gasteiger partial charge < -0.3 is 10.0 Å². The van der Waals surface area contributed by atoms with Crippen molar-refractivity contribution >= 4 is 5.91 Å². The van der Waals surface area contributed by atoms with Crippen molar-refractivity contribution in [1.29, 1.82) is 0 Å². The fourth-order valence-corrected chi connectivity index (χ4v) is 4.43. The normalized spacial score (nSPS) is 21.4. The van der Waals surface area contributed by atoms with Gasteiger partial charge in [0.1, 0.15) is 11.6 Å². The largest absolute Gasteiger partial charge is 0.380 e. The molecule has 0 saturated carbocycles. The molecule has 2 aromatic carbocycles. The summed E-state index contributed by atoms with van der Waals surface area (Å²) in [5, 5.41) is 11.9. The number of carbonyl (C=O) groups excluding carboxylic acids is 1. The Labute approximate surface area is 160 Å². The lowest BCUT2D eigenvalue weighted by Gasteiger charge is -2.42. The summed E-state index contributed by atoms with van der Waals surface area (Å²) in [7, 11) is 0. The summed E-state index contributed by atoms with van der Waals surface area (Å²) < 4.78 is 0. The number of aliphatic hydroxyl groups is 1. The zero-order chi connectivity index (χ0) is 18.7. The smallest absolute Gasteiger partial charge is 0.241 e. The Morgan fingerprint density at radius 2 is 1.48 bits per heavy atom. The minimum atomic E-state index is -1.04. The van der Waals surface area contributed by atoms with Crippen LogP contribution in [0.4, 0.5) is 0 Å². The lowest BCUT2D eigenvalue weighted by Crippen LogP contribution is -2.51. The number of amides is 1. The molecule has 27 heavy (non-hydrogen) atoms. The maximum Gasteiger partial charge on any atom is 0.241 e. The van der Waals surface area contributed by atoms with Gasteiger partial charge >= 0.3 is 0 Å². The molecule has 5 heteroatoms. The zero-order valence-electron chi connectivity index (χ0n) is 15.5. The average molecular weight is 365 g/mol. The number of hydrazine groups is 1. The molecule has 0 aromatic heterocycles. The molecule has 2 heterocycles. The first kappa shape index (κ1) is 18.2. The van der Waals surface area contributed by atoms with Crippen LogP contribution < -0.4 is 10.9 Å². The summed E-state index contributed by atoms with van der Waals surface area (Å²) in [6.07, 6.45) is 2.40. The summed E-state index contributed by atoms with van der Waals surface area (Å²) in [4.78, 5) is 14.6. The SMILES string of the molecule is O=C(C1CCNN1)N1CCC(C(O)(c2ccccc2)c2ccccc2)CC1. The van der Waals surface area contributed by atoms with E-state index in [0.717, 1.165) is 36.9 Å². The van der Waals surface area contributed by atoms with Gasteiger partial charge in [-0.15, -0.1) is 0 Å². The van der Waals surface area contributed by atoms with Crippen LogP contribution in [0.2, 0.25) is 0 Å². The molecule has 2 aliphatic heterocycles. The van der Waals surface area contributed by atoms with Crippen LogP contribution in [0, 0.1) is 5.92 Å². The number of benzene rings is 2. The maximum absolute atomic E-state index is 12.7. The van der Waals surface area contributed by atoms with Crippen molar-refractivity contribution in [1.82, 2.24) is 15.8 Å². The minimum Gasteiger partial charge on any atom is -0.380 e. The van der Waals surface area contributed by atoms with Gasteiger partial charge in [0.15, 0.2) is 0 Å². The third-order valence-corrected chi connectivity index (χ3v) is 5.96. The average Bonchev–Trinajstić information content (AvgIpc) is 3.29. The predicted molar refractivity (Wildman–Crippen MR) is 105 cm³/mol. The molecule has 4 rings (SSSR count). The van der Waals surface area contributed by atoms with E-state index in [2.05, 4.69) is 10.9 Å². The lowest BCUT2D eigenvalue weighted by atomic mass is 9.72. The molecule has 5 nitrogen and oxygen atoms in total. The molecule has 2 aliphatic rings. The Hall–Kier alpha value is -2.21. The van der Waals surface area contributed by atoms with Crippen LogP contribution in [0.15, 0.2) is 60.7 Å². The van der Waals surface area contributed by atoms with E-state index in [1.54, 1.807) is 0 Å². The monoisotopic (exact) mass is 365 g/mol. The summed E-state index contributed by atoms with van der Waals surface area (Å²) in [6.45, 7) is 2.20. The summed E-state index contributed by atoms with van der Waals surface area (Å²) in [5.41, 5.74) is 6.89. The summed E-state index contributed by atoms with van der Waals surface area (Å²) in [5.74, 6) is 0.238. The van der Waals surface area contributed by atoms with Gasteiger partial charge in [0.05, 0.1) is 0 Å². The van der Waals surface area contributed by atoms with Gasteiger partial charge in [-0.05, 0) is 36.3 Å². The molecule has 2 aromatic rings. The van der Waals surface area contributed by atoms with Crippen LogP contribution in [0.3, 0.4) is 0 Å². The molecular formula is C22H27N3O2. The Kier molecular flexibility index (Phi) is 5.25. The molecule has 1 amide bonds. The van der Waals surface area contributed by atoms with Crippen LogP contribution in [-0.4, -0.2) is 41.6 Å². The Bertz CT molecular complexity index is 712. The number of hydrogen-bond donors (Lipinski definition) is 3. The number of likely N-dealkylation sites (tertiary alicyclic amines) is 1. The van der Waals surface area contributed by atoms with Gasteiger partial charge in [0, 0.05) is 19.6 Å². The number of hydrogen-bond acceptors (Lipinski definition) is 4. The topological polar surface area (TPSA) is 64.6 Å². The van der Waals surface area contributed by atoms with Crippen LogP contribution in [0.25, 0.3) is 0 Å². The molecule has 0 aliphatic carbocycles. The Morgan fingerprint density at radius 1 is 0.926 bits per heavy atom. The first-order chi connectivity index (χ1) is 13.2. The standard InChI is InChI=1S/C22H27N3O2/c26-21(20-11-14-23-24-20)25-15-12-19(13-16-25)22(27,17-7-3-1-4-8-17)18-9-5-2-6-10-18/h1-10,19-20,23-24,27H,11-16H2. The van der Waals surface area contributed by atoms with E-state index in [-0.39, 0.29) is 17.9 Å². The van der Waals surface area contributed by atoms with E-state index in [0.29, 0.717) is 13.1 Å². The van der Waals surface area contributed by atoms with E-state index in [1.165, 1.54) is 0 Å². The molecule has 0 bridgehead atoms. The van der Waals surface area contributed by atoms with Crippen molar-refractivity contribution in [3.63, 3.8) is 0 Å². The quantitative estimate of drug-likeness (QED) is 0.776. The molecular weight excluding hydrogens is 338 g/mol. The van der Waals surface area contributed by atoms with Crippen molar-refractivity contribution in [2.75, 3.05) is 19.6 Å². The summed E-state index contributed by atoms with van der Waals surface area (Å²) in [6, 6.07) is 19.7. The predicted octanol–water partition coefficient (Wildman–Crippen LogP) is 2.03. The Balaban J connectivity index is 1.55. The first-order valence-corrected chi connectivity index (χ1v) is 9.80. The Morgan fingerprint density at radius 3 is 1.96 bits per heavy atom. The van der Waals surface area contributed by atoms with Crippen molar-refractivity contribution in [2.24, 2.45) is 5.92 Å². The van der Waals surface area contributed by atoms with Crippen molar-refractivity contribution < 1.29 is 9.90 Å². The van der Waals surface area contributed by atoms with Gasteiger partial charge in [-0.1, -0.05) is 60.7 Å². The van der Waals surface area contributed by atoms with E-state index in [9.17, 15) is 9.90 Å². The molecule has 142 valence electrons. The van der Waals surface area contributed by atoms with Crippen LogP contribution in [-0.2, 0) is 10.4 Å². The molecule has 1 atom stereocenters. The van der Waals surface area contributed by atoms with E-state index in [1.807, 2.05) is 65.6 Å². The highest BCUT2D eigenvalue weighted by molar-refractivity contribution is 5.82. The third-order valence-electron chi connectivity index (χ3n) is 5.96. The van der Waals surface area contributed by atoms with Crippen molar-refractivity contribution in [3.05, 3.63) is 71.8 Å². The van der Waals surface area contributed by atoms with Gasteiger partial charge in [-0.25, -0.2) is 5.43 Å². The number of piperidine rings is 1. The molecule has 0 spiro atoms. The van der Waals surface area contributed by atoms with Crippen LogP contribution >= 0.6 is 0 Å². The number of nitrogens with one attached hydrogen (secondary N) is 2. The van der Waals surface area contributed by atoms with E-state index >= 15 is 0 Å². The van der Waals surface area contributed by atoms with Crippen molar-refractivity contribution in [2.45, 2.75) is 30.9 Å². The number of nitrogens with zero attached hydrogens (tertiary/aromatic N) is 1. The number of carbonyl (C=O) groups is 1. The van der Waals surface area contributed by atoms with E-state index in [4.69, 9.17) is 0 Å². The minimum absolute atomic E-state index is 0.0704.